The van der Waals surface area contributed by atoms with Crippen molar-refractivity contribution in [1.82, 2.24) is 9.38 Å². The average Bonchev–Trinajstić information content (AvgIpc) is 2.85. The van der Waals surface area contributed by atoms with E-state index >= 15 is 0 Å². The minimum absolute atomic E-state index is 0.0329. The topological polar surface area (TPSA) is 60.4 Å². The molecule has 0 aliphatic carbocycles. The largest absolute Gasteiger partial charge is 0.399 e. The van der Waals surface area contributed by atoms with Crippen molar-refractivity contribution in [2.45, 2.75) is 10.6 Å². The third-order valence-corrected chi connectivity index (χ3v) is 4.39. The fraction of sp³-hybridized carbons (Fsp3) is 0.0769. The van der Waals surface area contributed by atoms with Crippen molar-refractivity contribution in [3.63, 3.8) is 0 Å². The number of anilines is 1. The number of aromatic nitrogens is 2. The van der Waals surface area contributed by atoms with E-state index in [1.54, 1.807) is 28.4 Å². The summed E-state index contributed by atoms with van der Waals surface area (Å²) in [5.41, 5.74) is 7.23. The Balaban J connectivity index is 1.83. The number of nitrogen functional groups attached to an aromatic ring is 1. The third kappa shape index (κ3) is 2.64. The summed E-state index contributed by atoms with van der Waals surface area (Å²) < 4.78 is 1.55. The van der Waals surface area contributed by atoms with Crippen molar-refractivity contribution in [1.29, 1.82) is 0 Å². The number of nitrogens with two attached hydrogens (primary N) is 1. The summed E-state index contributed by atoms with van der Waals surface area (Å²) in [7, 11) is 0. The summed E-state index contributed by atoms with van der Waals surface area (Å²) >= 11 is 3.08. The van der Waals surface area contributed by atoms with Crippen LogP contribution in [0.4, 0.5) is 5.69 Å². The highest BCUT2D eigenvalue weighted by Crippen LogP contribution is 2.23. The maximum atomic E-state index is 11.8. The molecule has 2 aromatic heterocycles. The molecule has 2 heterocycles. The van der Waals surface area contributed by atoms with Gasteiger partial charge in [-0.15, -0.1) is 23.1 Å². The maximum absolute atomic E-state index is 11.8. The molecule has 6 heteroatoms. The van der Waals surface area contributed by atoms with Gasteiger partial charge in [-0.05, 0) is 18.2 Å². The molecule has 0 amide bonds. The number of hydrogen-bond acceptors (Lipinski definition) is 5. The van der Waals surface area contributed by atoms with Crippen molar-refractivity contribution < 1.29 is 0 Å². The van der Waals surface area contributed by atoms with Gasteiger partial charge in [0.05, 0.1) is 5.69 Å². The number of nitrogens with zero attached hydrogens (tertiary/aromatic N) is 2. The molecule has 2 N–H and O–H groups in total. The Labute approximate surface area is 117 Å². The molecule has 4 nitrogen and oxygen atoms in total. The van der Waals surface area contributed by atoms with Crippen LogP contribution in [0.25, 0.3) is 4.96 Å². The maximum Gasteiger partial charge on any atom is 0.258 e. The Morgan fingerprint density at radius 2 is 2.26 bits per heavy atom. The minimum Gasteiger partial charge on any atom is -0.399 e. The molecule has 0 saturated heterocycles. The summed E-state index contributed by atoms with van der Waals surface area (Å²) in [6.45, 7) is 0. The van der Waals surface area contributed by atoms with Gasteiger partial charge in [0.1, 0.15) is 0 Å². The van der Waals surface area contributed by atoms with Crippen LogP contribution in [0.2, 0.25) is 0 Å². The highest BCUT2D eigenvalue weighted by atomic mass is 32.2. The first-order valence-corrected chi connectivity index (χ1v) is 7.53. The molecular weight excluding hydrogens is 278 g/mol. The summed E-state index contributed by atoms with van der Waals surface area (Å²) in [4.78, 5) is 18.1. The average molecular weight is 289 g/mol. The zero-order chi connectivity index (χ0) is 13.2. The normalized spacial score (nSPS) is 10.9. The number of hydrogen-bond donors (Lipinski definition) is 1. The van der Waals surface area contributed by atoms with Crippen LogP contribution in [0, 0.1) is 0 Å². The van der Waals surface area contributed by atoms with E-state index in [1.807, 2.05) is 29.6 Å². The number of fused-ring (bicyclic) bond motifs is 1. The van der Waals surface area contributed by atoms with Gasteiger partial charge in [0.25, 0.3) is 5.56 Å². The van der Waals surface area contributed by atoms with Crippen molar-refractivity contribution in [3.8, 4) is 0 Å². The van der Waals surface area contributed by atoms with Crippen LogP contribution in [0.3, 0.4) is 0 Å². The van der Waals surface area contributed by atoms with Gasteiger partial charge in [-0.2, -0.15) is 0 Å². The van der Waals surface area contributed by atoms with Crippen LogP contribution in [0.1, 0.15) is 5.69 Å². The molecule has 0 saturated carbocycles. The molecular formula is C13H11N3OS2. The number of thiazole rings is 1. The zero-order valence-corrected chi connectivity index (χ0v) is 11.6. The molecule has 0 unspecified atom stereocenters. The quantitative estimate of drug-likeness (QED) is 0.595. The van der Waals surface area contributed by atoms with E-state index in [0.29, 0.717) is 5.75 Å². The van der Waals surface area contributed by atoms with Gasteiger partial charge in [-0.3, -0.25) is 9.20 Å². The predicted octanol–water partition coefficient (Wildman–Crippen LogP) is 2.63. The van der Waals surface area contributed by atoms with Gasteiger partial charge in [0, 0.05) is 34.0 Å². The lowest BCUT2D eigenvalue weighted by atomic mass is 10.3. The highest BCUT2D eigenvalue weighted by molar-refractivity contribution is 7.98. The summed E-state index contributed by atoms with van der Waals surface area (Å²) in [5.74, 6) is 0.660. The van der Waals surface area contributed by atoms with E-state index in [2.05, 4.69) is 4.98 Å². The lowest BCUT2D eigenvalue weighted by Crippen LogP contribution is -2.12. The van der Waals surface area contributed by atoms with Crippen LogP contribution in [-0.4, -0.2) is 9.38 Å². The second-order valence-electron chi connectivity index (χ2n) is 4.00. The van der Waals surface area contributed by atoms with Crippen LogP contribution < -0.4 is 11.3 Å². The SMILES string of the molecule is Nc1cccc(SCc2cc(=O)n3ccsc3n2)c1. The van der Waals surface area contributed by atoms with E-state index < -0.39 is 0 Å². The Morgan fingerprint density at radius 3 is 3.11 bits per heavy atom. The monoisotopic (exact) mass is 289 g/mol. The second kappa shape index (κ2) is 5.07. The third-order valence-electron chi connectivity index (χ3n) is 2.60. The standard InChI is InChI=1S/C13H11N3OS2/c14-9-2-1-3-11(6-9)19-8-10-7-12(17)16-4-5-18-13(16)15-10/h1-7H,8,14H2. The van der Waals surface area contributed by atoms with Gasteiger partial charge in [0.2, 0.25) is 0 Å². The Kier molecular flexibility index (Phi) is 3.27. The van der Waals surface area contributed by atoms with Gasteiger partial charge in [-0.25, -0.2) is 4.98 Å². The molecule has 3 rings (SSSR count). The first kappa shape index (κ1) is 12.3. The number of rotatable bonds is 3. The van der Waals surface area contributed by atoms with Crippen molar-refractivity contribution in [2.75, 3.05) is 5.73 Å². The van der Waals surface area contributed by atoms with Crippen molar-refractivity contribution in [2.24, 2.45) is 0 Å². The second-order valence-corrected chi connectivity index (χ2v) is 5.92. The molecule has 0 spiro atoms. The molecule has 96 valence electrons. The first-order valence-electron chi connectivity index (χ1n) is 5.66. The molecule has 19 heavy (non-hydrogen) atoms. The first-order chi connectivity index (χ1) is 9.22. The molecule has 3 aromatic rings. The smallest absolute Gasteiger partial charge is 0.258 e. The van der Waals surface area contributed by atoms with Gasteiger partial charge in [0.15, 0.2) is 4.96 Å². The Bertz CT molecular complexity index is 779. The van der Waals surface area contributed by atoms with Gasteiger partial charge < -0.3 is 5.73 Å². The van der Waals surface area contributed by atoms with E-state index in [-0.39, 0.29) is 5.56 Å². The fourth-order valence-electron chi connectivity index (χ4n) is 1.72. The van der Waals surface area contributed by atoms with E-state index in [0.717, 1.165) is 21.2 Å². The molecule has 1 aromatic carbocycles. The van der Waals surface area contributed by atoms with Crippen LogP contribution in [0.15, 0.2) is 51.6 Å². The molecule has 0 aliphatic rings. The van der Waals surface area contributed by atoms with Gasteiger partial charge >= 0.3 is 0 Å². The zero-order valence-electron chi connectivity index (χ0n) is 9.95. The van der Waals surface area contributed by atoms with Gasteiger partial charge in [-0.1, -0.05) is 6.07 Å². The molecule has 0 fully saturated rings. The predicted molar refractivity (Wildman–Crippen MR) is 79.8 cm³/mol. The molecule has 0 aliphatic heterocycles. The fourth-order valence-corrected chi connectivity index (χ4v) is 3.32. The Hall–Kier alpha value is -1.79. The lowest BCUT2D eigenvalue weighted by molar-refractivity contribution is 1.04. The Morgan fingerprint density at radius 1 is 1.37 bits per heavy atom. The lowest BCUT2D eigenvalue weighted by Gasteiger charge is -2.02. The van der Waals surface area contributed by atoms with Crippen LogP contribution in [0.5, 0.6) is 0 Å². The molecule has 0 atom stereocenters. The summed E-state index contributed by atoms with van der Waals surface area (Å²) in [6, 6.07) is 9.27. The van der Waals surface area contributed by atoms with Crippen molar-refractivity contribution >= 4 is 33.7 Å². The van der Waals surface area contributed by atoms with Crippen molar-refractivity contribution in [3.05, 3.63) is 58.0 Å². The molecule has 0 bridgehead atoms. The van der Waals surface area contributed by atoms with Crippen LogP contribution in [-0.2, 0) is 5.75 Å². The van der Waals surface area contributed by atoms with E-state index in [9.17, 15) is 4.79 Å². The summed E-state index contributed by atoms with van der Waals surface area (Å²) in [6.07, 6.45) is 1.74. The van der Waals surface area contributed by atoms with Crippen LogP contribution >= 0.6 is 23.1 Å². The molecule has 0 radical (unpaired) electrons. The summed E-state index contributed by atoms with van der Waals surface area (Å²) in [5, 5.41) is 1.86. The number of thioether (sulfide) groups is 1. The minimum atomic E-state index is -0.0329. The van der Waals surface area contributed by atoms with E-state index in [1.165, 1.54) is 11.3 Å². The van der Waals surface area contributed by atoms with E-state index in [4.69, 9.17) is 5.73 Å². The number of benzene rings is 1. The highest BCUT2D eigenvalue weighted by Gasteiger charge is 2.04.